The zero-order valence-corrected chi connectivity index (χ0v) is 18.5. The van der Waals surface area contributed by atoms with E-state index in [1.165, 1.54) is 30.3 Å². The molecule has 0 bridgehead atoms. The van der Waals surface area contributed by atoms with Crippen LogP contribution in [0.25, 0.3) is 6.08 Å². The summed E-state index contributed by atoms with van der Waals surface area (Å²) in [7, 11) is 0. The third-order valence-corrected chi connectivity index (χ3v) is 4.62. The van der Waals surface area contributed by atoms with Gasteiger partial charge >= 0.3 is 12.0 Å². The molecule has 33 heavy (non-hydrogen) atoms. The fourth-order valence-electron chi connectivity index (χ4n) is 3.18. The van der Waals surface area contributed by atoms with Gasteiger partial charge in [0.15, 0.2) is 11.5 Å². The van der Waals surface area contributed by atoms with Crippen molar-refractivity contribution in [3.05, 3.63) is 59.2 Å². The predicted molar refractivity (Wildman–Crippen MR) is 120 cm³/mol. The van der Waals surface area contributed by atoms with E-state index in [0.29, 0.717) is 30.3 Å². The molecule has 0 spiro atoms. The van der Waals surface area contributed by atoms with Crippen LogP contribution in [0.4, 0.5) is 10.5 Å². The minimum absolute atomic E-state index is 0.200. The number of amides is 4. The van der Waals surface area contributed by atoms with Crippen LogP contribution in [0.3, 0.4) is 0 Å². The maximum atomic E-state index is 13.1. The largest absolute Gasteiger partial charge is 0.490 e. The van der Waals surface area contributed by atoms with Gasteiger partial charge in [-0.2, -0.15) is 0 Å². The van der Waals surface area contributed by atoms with Crippen LogP contribution >= 0.6 is 0 Å². The van der Waals surface area contributed by atoms with Crippen LogP contribution < -0.4 is 19.7 Å². The summed E-state index contributed by atoms with van der Waals surface area (Å²) in [6.07, 6.45) is 1.38. The molecular weight excluding hydrogens is 428 g/mol. The summed E-state index contributed by atoms with van der Waals surface area (Å²) in [5, 5.41) is 2.17. The summed E-state index contributed by atoms with van der Waals surface area (Å²) in [6.45, 7) is 6.45. The van der Waals surface area contributed by atoms with E-state index in [2.05, 4.69) is 5.32 Å². The van der Waals surface area contributed by atoms with E-state index in [9.17, 15) is 19.2 Å². The van der Waals surface area contributed by atoms with Crippen LogP contribution in [0.2, 0.25) is 0 Å². The van der Waals surface area contributed by atoms with Crippen molar-refractivity contribution in [1.82, 2.24) is 5.32 Å². The number of anilines is 1. The van der Waals surface area contributed by atoms with Crippen LogP contribution in [0.1, 0.15) is 36.7 Å². The molecular formula is C24H24N2O7. The number of imide groups is 2. The Morgan fingerprint density at radius 1 is 0.909 bits per heavy atom. The highest BCUT2D eigenvalue weighted by atomic mass is 16.5. The van der Waals surface area contributed by atoms with E-state index in [4.69, 9.17) is 14.2 Å². The number of esters is 1. The number of barbiturate groups is 1. The van der Waals surface area contributed by atoms with Gasteiger partial charge in [0.05, 0.1) is 31.1 Å². The summed E-state index contributed by atoms with van der Waals surface area (Å²) >= 11 is 0. The number of hydrogen-bond donors (Lipinski definition) is 1. The van der Waals surface area contributed by atoms with Crippen molar-refractivity contribution in [1.29, 1.82) is 0 Å². The second-order valence-corrected chi connectivity index (χ2v) is 6.80. The highest BCUT2D eigenvalue weighted by Gasteiger charge is 2.36. The number of carbonyl (C=O) groups is 4. The first kappa shape index (κ1) is 23.5. The second kappa shape index (κ2) is 10.4. The predicted octanol–water partition coefficient (Wildman–Crippen LogP) is 3.33. The maximum absolute atomic E-state index is 13.1. The van der Waals surface area contributed by atoms with Gasteiger partial charge in [0.1, 0.15) is 5.57 Å². The van der Waals surface area contributed by atoms with Crippen LogP contribution in [0.15, 0.2) is 48.0 Å². The molecule has 1 N–H and O–H groups in total. The molecule has 1 aliphatic rings. The summed E-state index contributed by atoms with van der Waals surface area (Å²) < 4.78 is 16.0. The van der Waals surface area contributed by atoms with Crippen LogP contribution in [0.5, 0.6) is 11.5 Å². The van der Waals surface area contributed by atoms with Gasteiger partial charge in [0.25, 0.3) is 11.8 Å². The zero-order valence-electron chi connectivity index (χ0n) is 18.5. The number of urea groups is 1. The van der Waals surface area contributed by atoms with E-state index in [0.717, 1.165) is 4.90 Å². The summed E-state index contributed by atoms with van der Waals surface area (Å²) in [4.78, 5) is 50.6. The molecule has 0 aliphatic carbocycles. The topological polar surface area (TPSA) is 111 Å². The number of benzene rings is 2. The normalized spacial score (nSPS) is 14.8. The van der Waals surface area contributed by atoms with Crippen LogP contribution in [-0.2, 0) is 14.3 Å². The van der Waals surface area contributed by atoms with Crippen molar-refractivity contribution < 1.29 is 33.4 Å². The Balaban J connectivity index is 1.93. The molecule has 172 valence electrons. The lowest BCUT2D eigenvalue weighted by Crippen LogP contribution is -2.54. The quantitative estimate of drug-likeness (QED) is 0.371. The summed E-state index contributed by atoms with van der Waals surface area (Å²) in [5.41, 5.74) is 0.767. The molecule has 0 radical (unpaired) electrons. The Hall–Kier alpha value is -4.14. The lowest BCUT2D eigenvalue weighted by molar-refractivity contribution is -0.122. The van der Waals surface area contributed by atoms with E-state index < -0.39 is 23.8 Å². The Morgan fingerprint density at radius 2 is 1.58 bits per heavy atom. The van der Waals surface area contributed by atoms with E-state index in [-0.39, 0.29) is 23.4 Å². The van der Waals surface area contributed by atoms with Gasteiger partial charge in [0.2, 0.25) is 0 Å². The number of rotatable bonds is 8. The van der Waals surface area contributed by atoms with Crippen molar-refractivity contribution in [3.8, 4) is 11.5 Å². The molecule has 4 amide bonds. The van der Waals surface area contributed by atoms with Crippen molar-refractivity contribution in [2.45, 2.75) is 20.8 Å². The molecule has 1 fully saturated rings. The SMILES string of the molecule is CCOC(=O)c1ccc(N2C(=O)NC(=O)/C(=C\c3ccc(OCC)c(OCC)c3)C2=O)cc1. The molecule has 2 aromatic carbocycles. The number of nitrogens with zero attached hydrogens (tertiary/aromatic N) is 1. The Labute approximate surface area is 190 Å². The summed E-state index contributed by atoms with van der Waals surface area (Å²) in [6, 6.07) is 9.87. The fourth-order valence-corrected chi connectivity index (χ4v) is 3.18. The molecule has 0 saturated carbocycles. The standard InChI is InChI=1S/C24H24N2O7/c1-4-31-19-12-7-15(14-20(19)32-5-2)13-18-21(27)25-24(30)26(22(18)28)17-10-8-16(9-11-17)23(29)33-6-3/h7-14H,4-6H2,1-3H3,(H,25,27,30)/b18-13+. The van der Waals surface area contributed by atoms with Gasteiger partial charge < -0.3 is 14.2 Å². The number of ether oxygens (including phenoxy) is 3. The molecule has 9 heteroatoms. The molecule has 1 heterocycles. The lowest BCUT2D eigenvalue weighted by atomic mass is 10.1. The van der Waals surface area contributed by atoms with Gasteiger partial charge in [0, 0.05) is 0 Å². The third-order valence-electron chi connectivity index (χ3n) is 4.62. The van der Waals surface area contributed by atoms with Gasteiger partial charge in [-0.05, 0) is 68.8 Å². The highest BCUT2D eigenvalue weighted by Crippen LogP contribution is 2.30. The molecule has 1 saturated heterocycles. The second-order valence-electron chi connectivity index (χ2n) is 6.80. The van der Waals surface area contributed by atoms with Gasteiger partial charge in [-0.1, -0.05) is 6.07 Å². The van der Waals surface area contributed by atoms with E-state index >= 15 is 0 Å². The Kier molecular flexibility index (Phi) is 7.45. The minimum atomic E-state index is -0.882. The maximum Gasteiger partial charge on any atom is 0.338 e. The smallest absolute Gasteiger partial charge is 0.338 e. The molecule has 0 atom stereocenters. The molecule has 1 aliphatic heterocycles. The van der Waals surface area contributed by atoms with Gasteiger partial charge in [-0.3, -0.25) is 14.9 Å². The Bertz CT molecular complexity index is 1110. The van der Waals surface area contributed by atoms with Gasteiger partial charge in [-0.15, -0.1) is 0 Å². The molecule has 9 nitrogen and oxygen atoms in total. The number of hydrogen-bond acceptors (Lipinski definition) is 7. The first-order valence-electron chi connectivity index (χ1n) is 10.5. The third kappa shape index (κ3) is 5.20. The molecule has 0 unspecified atom stereocenters. The highest BCUT2D eigenvalue weighted by molar-refractivity contribution is 6.39. The number of nitrogens with one attached hydrogen (secondary N) is 1. The van der Waals surface area contributed by atoms with Crippen molar-refractivity contribution in [3.63, 3.8) is 0 Å². The van der Waals surface area contributed by atoms with Crippen molar-refractivity contribution >= 4 is 35.6 Å². The first-order chi connectivity index (χ1) is 15.9. The average molecular weight is 452 g/mol. The van der Waals surface area contributed by atoms with E-state index in [1.54, 1.807) is 25.1 Å². The fraction of sp³-hybridized carbons (Fsp3) is 0.250. The lowest BCUT2D eigenvalue weighted by Gasteiger charge is -2.26. The minimum Gasteiger partial charge on any atom is -0.490 e. The molecule has 0 aromatic heterocycles. The van der Waals surface area contributed by atoms with Crippen LogP contribution in [0, 0.1) is 0 Å². The van der Waals surface area contributed by atoms with E-state index in [1.807, 2.05) is 13.8 Å². The van der Waals surface area contributed by atoms with Gasteiger partial charge in [-0.25, -0.2) is 14.5 Å². The monoisotopic (exact) mass is 452 g/mol. The molecule has 3 rings (SSSR count). The van der Waals surface area contributed by atoms with Crippen LogP contribution in [-0.4, -0.2) is 43.6 Å². The Morgan fingerprint density at radius 3 is 2.21 bits per heavy atom. The first-order valence-corrected chi connectivity index (χ1v) is 10.5. The summed E-state index contributed by atoms with van der Waals surface area (Å²) in [5.74, 6) is -1.11. The zero-order chi connectivity index (χ0) is 24.0. The average Bonchev–Trinajstić information content (AvgIpc) is 2.79. The number of carbonyl (C=O) groups excluding carboxylic acids is 4. The van der Waals surface area contributed by atoms with Crippen molar-refractivity contribution in [2.75, 3.05) is 24.7 Å². The molecule has 2 aromatic rings. The van der Waals surface area contributed by atoms with Crippen molar-refractivity contribution in [2.24, 2.45) is 0 Å².